The van der Waals surface area contributed by atoms with Crippen LogP contribution in [0.15, 0.2) is 61.3 Å². The summed E-state index contributed by atoms with van der Waals surface area (Å²) in [5.74, 6) is -1.19. The second-order valence-electron chi connectivity index (χ2n) is 6.00. The van der Waals surface area contributed by atoms with E-state index in [0.717, 1.165) is 16.5 Å². The molecule has 0 aliphatic heterocycles. The van der Waals surface area contributed by atoms with Gasteiger partial charge in [0.15, 0.2) is 5.13 Å². The van der Waals surface area contributed by atoms with Crippen LogP contribution in [-0.2, 0) is 11.2 Å². The predicted octanol–water partition coefficient (Wildman–Crippen LogP) is 3.69. The quantitative estimate of drug-likeness (QED) is 0.428. The van der Waals surface area contributed by atoms with Crippen LogP contribution in [0.25, 0.3) is 0 Å². The molecule has 8 heteroatoms. The zero-order valence-corrected chi connectivity index (χ0v) is 16.0. The van der Waals surface area contributed by atoms with Crippen LogP contribution in [0.3, 0.4) is 0 Å². The number of benzene rings is 2. The van der Waals surface area contributed by atoms with Crippen molar-refractivity contribution in [3.05, 3.63) is 82.9 Å². The Labute approximate surface area is 171 Å². The monoisotopic (exact) mass is 404 g/mol. The largest absolute Gasteiger partial charge is 0.507 e. The summed E-state index contributed by atoms with van der Waals surface area (Å²) in [6, 6.07) is 13.5. The minimum Gasteiger partial charge on any atom is -0.507 e. The third kappa shape index (κ3) is 5.06. The Hall–Kier alpha value is -3.96. The molecular weight excluding hydrogens is 388 g/mol. The van der Waals surface area contributed by atoms with Gasteiger partial charge in [0.25, 0.3) is 5.91 Å². The highest BCUT2D eigenvalue weighted by molar-refractivity contribution is 7.15. The SMILES string of the molecule is C=CC(=O)Nc1ccc(O)c(C(=O)Nc2ncc(Cc3cccc(C#N)c3)s2)c1. The predicted molar refractivity (Wildman–Crippen MR) is 111 cm³/mol. The summed E-state index contributed by atoms with van der Waals surface area (Å²) in [7, 11) is 0. The average molecular weight is 404 g/mol. The molecule has 0 radical (unpaired) electrons. The first-order valence-corrected chi connectivity index (χ1v) is 9.31. The molecule has 0 spiro atoms. The number of aromatic hydroxyl groups is 1. The standard InChI is InChI=1S/C21H16N4O3S/c1-2-19(27)24-15-6-7-18(26)17(10-15)20(28)25-21-23-12-16(29-21)9-13-4-3-5-14(8-13)11-22/h2-8,10,12,26H,1,9H2,(H,24,27)(H,23,25,28). The molecule has 29 heavy (non-hydrogen) atoms. The maximum atomic E-state index is 12.5. The number of thiazole rings is 1. The first kappa shape index (κ1) is 19.8. The van der Waals surface area contributed by atoms with Crippen molar-refractivity contribution >= 4 is 34.0 Å². The summed E-state index contributed by atoms with van der Waals surface area (Å²) in [6.07, 6.45) is 3.34. The molecule has 1 aromatic heterocycles. The van der Waals surface area contributed by atoms with Crippen molar-refractivity contribution in [3.63, 3.8) is 0 Å². The van der Waals surface area contributed by atoms with Gasteiger partial charge in [-0.1, -0.05) is 18.7 Å². The van der Waals surface area contributed by atoms with E-state index in [-0.39, 0.29) is 11.3 Å². The van der Waals surface area contributed by atoms with Crippen molar-refractivity contribution in [3.8, 4) is 11.8 Å². The van der Waals surface area contributed by atoms with Crippen LogP contribution in [0.4, 0.5) is 10.8 Å². The number of anilines is 2. The average Bonchev–Trinajstić information content (AvgIpc) is 3.15. The lowest BCUT2D eigenvalue weighted by atomic mass is 10.1. The molecule has 3 N–H and O–H groups in total. The van der Waals surface area contributed by atoms with Gasteiger partial charge >= 0.3 is 0 Å². The normalized spacial score (nSPS) is 10.0. The third-order valence-electron chi connectivity index (χ3n) is 3.90. The number of nitrogens with zero attached hydrogens (tertiary/aromatic N) is 2. The van der Waals surface area contributed by atoms with Crippen LogP contribution in [0.5, 0.6) is 5.75 Å². The van der Waals surface area contributed by atoms with E-state index in [4.69, 9.17) is 5.26 Å². The van der Waals surface area contributed by atoms with Gasteiger partial charge in [-0.25, -0.2) is 4.98 Å². The molecule has 2 amide bonds. The fourth-order valence-electron chi connectivity index (χ4n) is 2.55. The van der Waals surface area contributed by atoms with Crippen LogP contribution in [0, 0.1) is 11.3 Å². The van der Waals surface area contributed by atoms with E-state index in [2.05, 4.69) is 28.3 Å². The topological polar surface area (TPSA) is 115 Å². The number of phenols is 1. The number of hydrogen-bond acceptors (Lipinski definition) is 6. The van der Waals surface area contributed by atoms with Crippen LogP contribution in [0.2, 0.25) is 0 Å². The molecule has 0 unspecified atom stereocenters. The molecule has 0 saturated heterocycles. The van der Waals surface area contributed by atoms with Crippen LogP contribution in [0.1, 0.15) is 26.4 Å². The highest BCUT2D eigenvalue weighted by atomic mass is 32.1. The van der Waals surface area contributed by atoms with Crippen molar-refractivity contribution in [1.82, 2.24) is 4.98 Å². The Morgan fingerprint density at radius 3 is 2.83 bits per heavy atom. The lowest BCUT2D eigenvalue weighted by molar-refractivity contribution is -0.111. The van der Waals surface area contributed by atoms with Crippen LogP contribution >= 0.6 is 11.3 Å². The van der Waals surface area contributed by atoms with E-state index in [1.165, 1.54) is 29.5 Å². The van der Waals surface area contributed by atoms with Gasteiger partial charge in [0.2, 0.25) is 5.91 Å². The second kappa shape index (κ2) is 8.82. The van der Waals surface area contributed by atoms with Gasteiger partial charge < -0.3 is 10.4 Å². The lowest BCUT2D eigenvalue weighted by Crippen LogP contribution is -2.13. The highest BCUT2D eigenvalue weighted by Gasteiger charge is 2.15. The van der Waals surface area contributed by atoms with Gasteiger partial charge in [-0.3, -0.25) is 14.9 Å². The molecule has 0 bridgehead atoms. The number of carbonyl (C=O) groups excluding carboxylic acids is 2. The smallest absolute Gasteiger partial charge is 0.261 e. The summed E-state index contributed by atoms with van der Waals surface area (Å²) in [5.41, 5.74) is 1.91. The number of nitrogens with one attached hydrogen (secondary N) is 2. The molecule has 0 aliphatic rings. The fraction of sp³-hybridized carbons (Fsp3) is 0.0476. The zero-order valence-electron chi connectivity index (χ0n) is 15.2. The summed E-state index contributed by atoms with van der Waals surface area (Å²) >= 11 is 1.30. The van der Waals surface area contributed by atoms with Gasteiger partial charge in [0.05, 0.1) is 17.2 Å². The Bertz CT molecular complexity index is 1130. The number of amides is 2. The van der Waals surface area contributed by atoms with Crippen molar-refractivity contribution in [2.24, 2.45) is 0 Å². The Kier molecular flexibility index (Phi) is 6.02. The maximum Gasteiger partial charge on any atom is 0.261 e. The van der Waals surface area contributed by atoms with E-state index < -0.39 is 11.8 Å². The van der Waals surface area contributed by atoms with Crippen molar-refractivity contribution in [2.45, 2.75) is 6.42 Å². The third-order valence-corrected chi connectivity index (χ3v) is 4.82. The number of carbonyl (C=O) groups is 2. The summed E-state index contributed by atoms with van der Waals surface area (Å²) < 4.78 is 0. The number of hydrogen-bond donors (Lipinski definition) is 3. The summed E-state index contributed by atoms with van der Waals surface area (Å²) in [6.45, 7) is 3.37. The van der Waals surface area contributed by atoms with Crippen molar-refractivity contribution in [1.29, 1.82) is 5.26 Å². The number of nitriles is 1. The zero-order chi connectivity index (χ0) is 20.8. The molecule has 0 aliphatic carbocycles. The molecule has 1 heterocycles. The summed E-state index contributed by atoms with van der Waals surface area (Å²) in [5, 5.41) is 24.5. The molecular formula is C21H16N4O3S. The van der Waals surface area contributed by atoms with Crippen LogP contribution in [-0.4, -0.2) is 21.9 Å². The minimum absolute atomic E-state index is 0.00494. The Morgan fingerprint density at radius 2 is 2.07 bits per heavy atom. The van der Waals surface area contributed by atoms with Gasteiger partial charge in [-0.2, -0.15) is 5.26 Å². The number of rotatable bonds is 6. The van der Waals surface area contributed by atoms with Gasteiger partial charge in [0, 0.05) is 23.2 Å². The van der Waals surface area contributed by atoms with Gasteiger partial charge in [-0.15, -0.1) is 11.3 Å². The second-order valence-corrected chi connectivity index (χ2v) is 7.12. The Balaban J connectivity index is 1.71. The maximum absolute atomic E-state index is 12.5. The van der Waals surface area contributed by atoms with E-state index >= 15 is 0 Å². The van der Waals surface area contributed by atoms with E-state index in [1.807, 2.05) is 12.1 Å². The molecule has 0 atom stereocenters. The van der Waals surface area contributed by atoms with Crippen molar-refractivity contribution < 1.29 is 14.7 Å². The first-order valence-electron chi connectivity index (χ1n) is 8.50. The molecule has 144 valence electrons. The highest BCUT2D eigenvalue weighted by Crippen LogP contribution is 2.25. The number of phenolic OH excluding ortho intramolecular Hbond substituents is 1. The van der Waals surface area contributed by atoms with E-state index in [1.54, 1.807) is 18.3 Å². The van der Waals surface area contributed by atoms with Crippen LogP contribution < -0.4 is 10.6 Å². The molecule has 0 saturated carbocycles. The molecule has 2 aromatic carbocycles. The van der Waals surface area contributed by atoms with Gasteiger partial charge in [-0.05, 0) is 42.0 Å². The van der Waals surface area contributed by atoms with Crippen molar-refractivity contribution in [2.75, 3.05) is 10.6 Å². The number of aromatic nitrogens is 1. The van der Waals surface area contributed by atoms with E-state index in [0.29, 0.717) is 22.8 Å². The van der Waals surface area contributed by atoms with Gasteiger partial charge in [0.1, 0.15) is 5.75 Å². The molecule has 3 aromatic rings. The van der Waals surface area contributed by atoms with E-state index in [9.17, 15) is 14.7 Å². The Morgan fingerprint density at radius 1 is 1.24 bits per heavy atom. The fourth-order valence-corrected chi connectivity index (χ4v) is 3.39. The minimum atomic E-state index is -0.551. The summed E-state index contributed by atoms with van der Waals surface area (Å²) in [4.78, 5) is 29.0. The molecule has 3 rings (SSSR count). The molecule has 7 nitrogen and oxygen atoms in total. The molecule has 0 fully saturated rings. The lowest BCUT2D eigenvalue weighted by Gasteiger charge is -2.08. The first-order chi connectivity index (χ1) is 14.0.